The molecule has 0 saturated carbocycles. The molecule has 9 heteroatoms. The number of aromatic nitrogens is 1. The number of hydrogen-bond donors (Lipinski definition) is 2. The fraction of sp³-hybridized carbons (Fsp3) is 0.419. The lowest BCUT2D eigenvalue weighted by Crippen LogP contribution is -2.38. The zero-order valence-electron chi connectivity index (χ0n) is 22.8. The molecular weight excluding hydrogens is 528 g/mol. The second-order valence-corrected chi connectivity index (χ2v) is 11.0. The summed E-state index contributed by atoms with van der Waals surface area (Å²) in [4.78, 5) is 31.3. The number of amides is 1. The van der Waals surface area contributed by atoms with Crippen LogP contribution in [-0.4, -0.2) is 77.4 Å². The van der Waals surface area contributed by atoms with Crippen molar-refractivity contribution >= 4 is 28.4 Å². The highest BCUT2D eigenvalue weighted by atomic mass is 35.5. The van der Waals surface area contributed by atoms with Crippen molar-refractivity contribution in [3.05, 3.63) is 80.1 Å². The second-order valence-electron chi connectivity index (χ2n) is 10.6. The Morgan fingerprint density at radius 3 is 2.65 bits per heavy atom. The van der Waals surface area contributed by atoms with E-state index < -0.39 is 5.91 Å². The van der Waals surface area contributed by atoms with E-state index in [-0.39, 0.29) is 23.6 Å². The SMILES string of the molecule is Cn1cc(C(=O)NCc2ccc(Cl)cc2)c(=O)c2cc(CN3CCOCC3)cc(C#CCN3CCCC(O)C3)c21. The van der Waals surface area contributed by atoms with E-state index in [1.165, 1.54) is 0 Å². The molecule has 3 heterocycles. The summed E-state index contributed by atoms with van der Waals surface area (Å²) in [5.74, 6) is 6.15. The Bertz CT molecular complexity index is 1490. The standard InChI is InChI=1S/C31H35ClN4O4/c1-34-21-28(31(39)33-18-22-6-8-25(32)9-7-22)30(38)27-17-23(19-36-12-14-40-15-13-36)16-24(29(27)34)4-2-10-35-11-3-5-26(37)20-35/h6-9,16-17,21,26,37H,3,5,10-15,18-20H2,1H3,(H,33,39). The van der Waals surface area contributed by atoms with Crippen LogP contribution in [0.3, 0.4) is 0 Å². The minimum absolute atomic E-state index is 0.0914. The van der Waals surface area contributed by atoms with Crippen LogP contribution in [-0.2, 0) is 24.9 Å². The maximum Gasteiger partial charge on any atom is 0.257 e. The number of piperidine rings is 1. The van der Waals surface area contributed by atoms with E-state index in [0.717, 1.165) is 49.2 Å². The molecule has 0 aliphatic carbocycles. The van der Waals surface area contributed by atoms with E-state index in [2.05, 4.69) is 33.0 Å². The first-order valence-electron chi connectivity index (χ1n) is 13.8. The van der Waals surface area contributed by atoms with Crippen LogP contribution in [0.5, 0.6) is 0 Å². The number of β-amino-alcohol motifs (C(OH)–C–C–N with tert-alkyl or cyclic N) is 1. The summed E-state index contributed by atoms with van der Waals surface area (Å²) in [6.45, 7) is 6.05. The van der Waals surface area contributed by atoms with Gasteiger partial charge in [0.25, 0.3) is 5.91 Å². The molecule has 1 amide bonds. The molecular formula is C31H35ClN4O4. The number of hydrogen-bond acceptors (Lipinski definition) is 6. The molecule has 8 nitrogen and oxygen atoms in total. The van der Waals surface area contributed by atoms with Crippen molar-refractivity contribution in [1.82, 2.24) is 19.7 Å². The molecule has 210 valence electrons. The Morgan fingerprint density at radius 1 is 1.12 bits per heavy atom. The maximum absolute atomic E-state index is 13.7. The third-order valence-electron chi connectivity index (χ3n) is 7.46. The Morgan fingerprint density at radius 2 is 1.90 bits per heavy atom. The molecule has 0 spiro atoms. The Kier molecular flexibility index (Phi) is 9.20. The lowest BCUT2D eigenvalue weighted by atomic mass is 10.0. The number of nitrogens with zero attached hydrogens (tertiary/aromatic N) is 3. The quantitative estimate of drug-likeness (QED) is 0.449. The molecule has 40 heavy (non-hydrogen) atoms. The molecule has 0 radical (unpaired) electrons. The van der Waals surface area contributed by atoms with E-state index in [1.807, 2.05) is 29.8 Å². The van der Waals surface area contributed by atoms with Crippen molar-refractivity contribution in [2.45, 2.75) is 32.0 Å². The number of aliphatic hydroxyl groups is 1. The third-order valence-corrected chi connectivity index (χ3v) is 7.71. The van der Waals surface area contributed by atoms with Gasteiger partial charge in [-0.25, -0.2) is 0 Å². The Hall–Kier alpha value is -3.19. The molecule has 5 rings (SSSR count). The van der Waals surface area contributed by atoms with E-state index >= 15 is 0 Å². The van der Waals surface area contributed by atoms with Crippen LogP contribution in [0.15, 0.2) is 47.4 Å². The minimum atomic E-state index is -0.424. The van der Waals surface area contributed by atoms with Gasteiger partial charge in [-0.05, 0) is 54.8 Å². The summed E-state index contributed by atoms with van der Waals surface area (Å²) in [5, 5.41) is 14.0. The van der Waals surface area contributed by atoms with Crippen LogP contribution in [0, 0.1) is 11.8 Å². The Labute approximate surface area is 239 Å². The maximum atomic E-state index is 13.7. The van der Waals surface area contributed by atoms with Gasteiger partial charge in [0.05, 0.1) is 31.4 Å². The lowest BCUT2D eigenvalue weighted by molar-refractivity contribution is 0.0342. The predicted octanol–water partition coefficient (Wildman–Crippen LogP) is 2.76. The molecule has 2 N–H and O–H groups in total. The summed E-state index contributed by atoms with van der Waals surface area (Å²) in [7, 11) is 1.84. The fourth-order valence-electron chi connectivity index (χ4n) is 5.38. The number of likely N-dealkylation sites (tertiary alicyclic amines) is 1. The average Bonchev–Trinajstić information content (AvgIpc) is 2.95. The second kappa shape index (κ2) is 13.0. The van der Waals surface area contributed by atoms with Crippen molar-refractivity contribution in [3.63, 3.8) is 0 Å². The number of aryl methyl sites for hydroxylation is 1. The van der Waals surface area contributed by atoms with Gasteiger partial charge in [0.15, 0.2) is 0 Å². The largest absolute Gasteiger partial charge is 0.392 e. The van der Waals surface area contributed by atoms with Gasteiger partial charge in [-0.1, -0.05) is 35.6 Å². The molecule has 2 aliphatic rings. The summed E-state index contributed by atoms with van der Waals surface area (Å²) in [5.41, 5.74) is 3.11. The number of carbonyl (C=O) groups is 1. The Balaban J connectivity index is 1.47. The molecule has 1 atom stereocenters. The normalized spacial score (nSPS) is 18.3. The zero-order valence-corrected chi connectivity index (χ0v) is 23.5. The number of nitrogens with one attached hydrogen (secondary N) is 1. The lowest BCUT2D eigenvalue weighted by Gasteiger charge is -2.28. The highest BCUT2D eigenvalue weighted by molar-refractivity contribution is 6.30. The molecule has 3 aromatic rings. The zero-order chi connectivity index (χ0) is 28.1. The monoisotopic (exact) mass is 562 g/mol. The molecule has 2 fully saturated rings. The molecule has 1 aromatic heterocycles. The van der Waals surface area contributed by atoms with Crippen molar-refractivity contribution in [2.75, 3.05) is 45.9 Å². The van der Waals surface area contributed by atoms with E-state index in [4.69, 9.17) is 16.3 Å². The van der Waals surface area contributed by atoms with E-state index in [0.29, 0.717) is 48.8 Å². The first-order chi connectivity index (χ1) is 19.4. The van der Waals surface area contributed by atoms with Crippen molar-refractivity contribution in [3.8, 4) is 11.8 Å². The van der Waals surface area contributed by atoms with Crippen LogP contribution < -0.4 is 10.7 Å². The van der Waals surface area contributed by atoms with Gasteiger partial charge in [0, 0.05) is 61.9 Å². The van der Waals surface area contributed by atoms with Crippen LogP contribution in [0.4, 0.5) is 0 Å². The highest BCUT2D eigenvalue weighted by Crippen LogP contribution is 2.21. The number of benzene rings is 2. The summed E-state index contributed by atoms with van der Waals surface area (Å²) in [6.07, 6.45) is 3.07. The van der Waals surface area contributed by atoms with Gasteiger partial charge in [-0.15, -0.1) is 0 Å². The number of fused-ring (bicyclic) bond motifs is 1. The average molecular weight is 563 g/mol. The van der Waals surface area contributed by atoms with Crippen molar-refractivity contribution in [1.29, 1.82) is 0 Å². The van der Waals surface area contributed by atoms with E-state index in [1.54, 1.807) is 18.3 Å². The topological polar surface area (TPSA) is 87.0 Å². The van der Waals surface area contributed by atoms with Crippen LogP contribution >= 0.6 is 11.6 Å². The number of morpholine rings is 1. The third kappa shape index (κ3) is 6.92. The van der Waals surface area contributed by atoms with Gasteiger partial charge in [0.2, 0.25) is 5.43 Å². The fourth-order valence-corrected chi connectivity index (χ4v) is 5.50. The number of pyridine rings is 1. The highest BCUT2D eigenvalue weighted by Gasteiger charge is 2.19. The first kappa shape index (κ1) is 28.3. The van der Waals surface area contributed by atoms with Crippen molar-refractivity contribution in [2.24, 2.45) is 7.05 Å². The van der Waals surface area contributed by atoms with Gasteiger partial charge >= 0.3 is 0 Å². The number of rotatable bonds is 6. The molecule has 2 aliphatic heterocycles. The number of ether oxygens (including phenoxy) is 1. The number of carbonyl (C=O) groups excluding carboxylic acids is 1. The van der Waals surface area contributed by atoms with Gasteiger partial charge in [-0.2, -0.15) is 0 Å². The van der Waals surface area contributed by atoms with Crippen LogP contribution in [0.1, 0.15) is 39.9 Å². The molecule has 2 saturated heterocycles. The minimum Gasteiger partial charge on any atom is -0.392 e. The summed E-state index contributed by atoms with van der Waals surface area (Å²) >= 11 is 5.97. The summed E-state index contributed by atoms with van der Waals surface area (Å²) < 4.78 is 7.32. The van der Waals surface area contributed by atoms with Gasteiger partial charge in [-0.3, -0.25) is 19.4 Å². The van der Waals surface area contributed by atoms with E-state index in [9.17, 15) is 14.7 Å². The van der Waals surface area contributed by atoms with Crippen molar-refractivity contribution < 1.29 is 14.6 Å². The molecule has 0 bridgehead atoms. The number of aliphatic hydroxyl groups excluding tert-OH is 1. The van der Waals surface area contributed by atoms with Gasteiger partial charge < -0.3 is 19.7 Å². The van der Waals surface area contributed by atoms with Gasteiger partial charge in [0.1, 0.15) is 5.56 Å². The summed E-state index contributed by atoms with van der Waals surface area (Å²) in [6, 6.07) is 11.2. The van der Waals surface area contributed by atoms with Crippen LogP contribution in [0.25, 0.3) is 10.9 Å². The molecule has 2 aromatic carbocycles. The molecule has 1 unspecified atom stereocenters. The predicted molar refractivity (Wildman–Crippen MR) is 156 cm³/mol. The smallest absolute Gasteiger partial charge is 0.257 e. The number of halogens is 1. The first-order valence-corrected chi connectivity index (χ1v) is 14.1. The van der Waals surface area contributed by atoms with Crippen LogP contribution in [0.2, 0.25) is 5.02 Å².